The van der Waals surface area contributed by atoms with Gasteiger partial charge in [-0.05, 0) is 43.5 Å². The lowest BCUT2D eigenvalue weighted by molar-refractivity contribution is 0.401. The minimum Gasteiger partial charge on any atom is -0.496 e. The van der Waals surface area contributed by atoms with Crippen LogP contribution in [0.1, 0.15) is 35.2 Å². The molecule has 2 nitrogen and oxygen atoms in total. The summed E-state index contributed by atoms with van der Waals surface area (Å²) in [7, 11) is 1.72. The summed E-state index contributed by atoms with van der Waals surface area (Å²) < 4.78 is 5.41. The summed E-state index contributed by atoms with van der Waals surface area (Å²) in [4.78, 5) is 0. The predicted octanol–water partition coefficient (Wildman–Crippen LogP) is 4.16. The third kappa shape index (κ3) is 3.40. The van der Waals surface area contributed by atoms with E-state index in [0.29, 0.717) is 0 Å². The van der Waals surface area contributed by atoms with Gasteiger partial charge in [0, 0.05) is 18.2 Å². The van der Waals surface area contributed by atoms with Gasteiger partial charge < -0.3 is 10.1 Å². The number of hydrogen-bond acceptors (Lipinski definition) is 2. The SMILES string of the molecule is COc1ccccc1C(C)NCc1ccc(C)c(C)c1. The van der Waals surface area contributed by atoms with E-state index in [1.165, 1.54) is 22.3 Å². The van der Waals surface area contributed by atoms with Gasteiger partial charge in [0.25, 0.3) is 0 Å². The molecule has 0 radical (unpaired) electrons. The van der Waals surface area contributed by atoms with E-state index in [-0.39, 0.29) is 6.04 Å². The highest BCUT2D eigenvalue weighted by atomic mass is 16.5. The van der Waals surface area contributed by atoms with E-state index in [2.05, 4.69) is 50.4 Å². The number of hydrogen-bond donors (Lipinski definition) is 1. The first-order valence-corrected chi connectivity index (χ1v) is 7.04. The van der Waals surface area contributed by atoms with E-state index >= 15 is 0 Å². The Hall–Kier alpha value is -1.80. The molecule has 1 unspecified atom stereocenters. The highest BCUT2D eigenvalue weighted by Gasteiger charge is 2.10. The summed E-state index contributed by atoms with van der Waals surface area (Å²) in [5.74, 6) is 0.938. The molecule has 0 aromatic heterocycles. The van der Waals surface area contributed by atoms with Gasteiger partial charge in [-0.25, -0.2) is 0 Å². The molecule has 0 amide bonds. The van der Waals surface area contributed by atoms with Gasteiger partial charge in [0.05, 0.1) is 7.11 Å². The lowest BCUT2D eigenvalue weighted by atomic mass is 10.0. The smallest absolute Gasteiger partial charge is 0.123 e. The molecule has 0 heterocycles. The maximum absolute atomic E-state index is 5.41. The fraction of sp³-hybridized carbons (Fsp3) is 0.333. The van der Waals surface area contributed by atoms with Crippen LogP contribution in [0.25, 0.3) is 0 Å². The van der Waals surface area contributed by atoms with Gasteiger partial charge in [-0.1, -0.05) is 36.4 Å². The number of methoxy groups -OCH3 is 1. The second kappa shape index (κ2) is 6.58. The van der Waals surface area contributed by atoms with E-state index in [1.807, 2.05) is 18.2 Å². The van der Waals surface area contributed by atoms with Gasteiger partial charge in [-0.2, -0.15) is 0 Å². The van der Waals surface area contributed by atoms with E-state index in [9.17, 15) is 0 Å². The molecule has 2 rings (SSSR count). The minimum absolute atomic E-state index is 0.257. The van der Waals surface area contributed by atoms with Gasteiger partial charge in [0.15, 0.2) is 0 Å². The molecule has 2 aromatic rings. The van der Waals surface area contributed by atoms with Crippen LogP contribution < -0.4 is 10.1 Å². The highest BCUT2D eigenvalue weighted by Crippen LogP contribution is 2.24. The van der Waals surface area contributed by atoms with Crippen LogP contribution in [-0.4, -0.2) is 7.11 Å². The van der Waals surface area contributed by atoms with Crippen LogP contribution in [0, 0.1) is 13.8 Å². The van der Waals surface area contributed by atoms with Crippen LogP contribution in [0.3, 0.4) is 0 Å². The van der Waals surface area contributed by atoms with Crippen LogP contribution >= 0.6 is 0 Å². The summed E-state index contributed by atoms with van der Waals surface area (Å²) >= 11 is 0. The van der Waals surface area contributed by atoms with Gasteiger partial charge in [-0.15, -0.1) is 0 Å². The Kier molecular flexibility index (Phi) is 4.80. The topological polar surface area (TPSA) is 21.3 Å². The van der Waals surface area contributed by atoms with Crippen molar-refractivity contribution in [1.29, 1.82) is 0 Å². The minimum atomic E-state index is 0.257. The van der Waals surface area contributed by atoms with Gasteiger partial charge >= 0.3 is 0 Å². The summed E-state index contributed by atoms with van der Waals surface area (Å²) in [5, 5.41) is 3.56. The molecule has 2 heteroatoms. The second-order valence-electron chi connectivity index (χ2n) is 5.26. The van der Waals surface area contributed by atoms with Crippen molar-refractivity contribution in [2.45, 2.75) is 33.4 Å². The van der Waals surface area contributed by atoms with Crippen LogP contribution in [0.2, 0.25) is 0 Å². The molecule has 0 bridgehead atoms. The van der Waals surface area contributed by atoms with E-state index in [0.717, 1.165) is 12.3 Å². The third-order valence-corrected chi connectivity index (χ3v) is 3.79. The van der Waals surface area contributed by atoms with E-state index in [4.69, 9.17) is 4.74 Å². The fourth-order valence-corrected chi connectivity index (χ4v) is 2.32. The van der Waals surface area contributed by atoms with Crippen molar-refractivity contribution < 1.29 is 4.74 Å². The first-order valence-electron chi connectivity index (χ1n) is 7.04. The maximum Gasteiger partial charge on any atom is 0.123 e. The van der Waals surface area contributed by atoms with Crippen LogP contribution in [0.15, 0.2) is 42.5 Å². The van der Waals surface area contributed by atoms with Crippen LogP contribution in [0.5, 0.6) is 5.75 Å². The summed E-state index contributed by atoms with van der Waals surface area (Å²) in [6, 6.07) is 15.0. The standard InChI is InChI=1S/C18H23NO/c1-13-9-10-16(11-14(13)2)12-19-15(3)17-7-5-6-8-18(17)20-4/h5-11,15,19H,12H2,1-4H3. The molecule has 106 valence electrons. The molecular weight excluding hydrogens is 246 g/mol. The fourth-order valence-electron chi connectivity index (χ4n) is 2.32. The normalized spacial score (nSPS) is 12.2. The molecule has 0 spiro atoms. The zero-order valence-electron chi connectivity index (χ0n) is 12.7. The number of nitrogens with one attached hydrogen (secondary N) is 1. The Morgan fingerprint density at radius 1 is 1.05 bits per heavy atom. The number of aryl methyl sites for hydroxylation is 2. The molecule has 0 saturated carbocycles. The largest absolute Gasteiger partial charge is 0.496 e. The monoisotopic (exact) mass is 269 g/mol. The Morgan fingerprint density at radius 2 is 1.80 bits per heavy atom. The van der Waals surface area contributed by atoms with Crippen molar-refractivity contribution in [2.75, 3.05) is 7.11 Å². The molecular formula is C18H23NO. The number of benzene rings is 2. The first-order chi connectivity index (χ1) is 9.61. The van der Waals surface area contributed by atoms with Crippen molar-refractivity contribution in [2.24, 2.45) is 0 Å². The molecule has 0 saturated heterocycles. The van der Waals surface area contributed by atoms with Gasteiger partial charge in [0.1, 0.15) is 5.75 Å². The zero-order valence-corrected chi connectivity index (χ0v) is 12.7. The Bertz CT molecular complexity index is 577. The molecule has 0 aliphatic heterocycles. The zero-order chi connectivity index (χ0) is 14.5. The van der Waals surface area contributed by atoms with Crippen molar-refractivity contribution in [3.63, 3.8) is 0 Å². The quantitative estimate of drug-likeness (QED) is 0.880. The van der Waals surface area contributed by atoms with Crippen LogP contribution in [-0.2, 0) is 6.54 Å². The average molecular weight is 269 g/mol. The molecule has 0 aliphatic rings. The van der Waals surface area contributed by atoms with Gasteiger partial charge in [0.2, 0.25) is 0 Å². The summed E-state index contributed by atoms with van der Waals surface area (Å²) in [6.45, 7) is 7.33. The summed E-state index contributed by atoms with van der Waals surface area (Å²) in [6.07, 6.45) is 0. The molecule has 1 N–H and O–H groups in total. The van der Waals surface area contributed by atoms with Crippen LogP contribution in [0.4, 0.5) is 0 Å². The maximum atomic E-state index is 5.41. The number of ether oxygens (including phenoxy) is 1. The number of para-hydroxylation sites is 1. The van der Waals surface area contributed by atoms with Gasteiger partial charge in [-0.3, -0.25) is 0 Å². The average Bonchev–Trinajstić information content (AvgIpc) is 2.48. The molecule has 0 aliphatic carbocycles. The molecule has 20 heavy (non-hydrogen) atoms. The molecule has 1 atom stereocenters. The molecule has 2 aromatic carbocycles. The first kappa shape index (κ1) is 14.6. The Morgan fingerprint density at radius 3 is 2.50 bits per heavy atom. The molecule has 0 fully saturated rings. The third-order valence-electron chi connectivity index (χ3n) is 3.79. The Balaban J connectivity index is 2.04. The van der Waals surface area contributed by atoms with Crippen molar-refractivity contribution in [1.82, 2.24) is 5.32 Å². The number of rotatable bonds is 5. The van der Waals surface area contributed by atoms with Crippen molar-refractivity contribution in [3.05, 3.63) is 64.7 Å². The highest BCUT2D eigenvalue weighted by molar-refractivity contribution is 5.36. The summed E-state index contributed by atoms with van der Waals surface area (Å²) in [5.41, 5.74) is 5.19. The lowest BCUT2D eigenvalue weighted by Crippen LogP contribution is -2.18. The lowest BCUT2D eigenvalue weighted by Gasteiger charge is -2.17. The predicted molar refractivity (Wildman–Crippen MR) is 84.2 cm³/mol. The Labute approximate surface area is 121 Å². The van der Waals surface area contributed by atoms with E-state index < -0.39 is 0 Å². The van der Waals surface area contributed by atoms with Crippen molar-refractivity contribution >= 4 is 0 Å². The van der Waals surface area contributed by atoms with E-state index in [1.54, 1.807) is 7.11 Å². The second-order valence-corrected chi connectivity index (χ2v) is 5.26. The van der Waals surface area contributed by atoms with Crippen molar-refractivity contribution in [3.8, 4) is 5.75 Å².